The van der Waals surface area contributed by atoms with Crippen molar-refractivity contribution in [2.75, 3.05) is 13.2 Å². The lowest BCUT2D eigenvalue weighted by Crippen LogP contribution is -2.67. The van der Waals surface area contributed by atoms with Gasteiger partial charge in [-0.2, -0.15) is 4.79 Å². The third-order valence-electron chi connectivity index (χ3n) is 4.98. The molecule has 0 heterocycles. The van der Waals surface area contributed by atoms with Gasteiger partial charge in [-0.15, -0.1) is 6.58 Å². The Morgan fingerprint density at radius 3 is 2.07 bits per heavy atom. The summed E-state index contributed by atoms with van der Waals surface area (Å²) in [6, 6.07) is 20.6. The summed E-state index contributed by atoms with van der Waals surface area (Å²) in [5.74, 6) is -0.322. The van der Waals surface area contributed by atoms with Crippen molar-refractivity contribution in [1.82, 2.24) is 0 Å². The van der Waals surface area contributed by atoms with E-state index >= 15 is 0 Å². The van der Waals surface area contributed by atoms with E-state index in [1.807, 2.05) is 36.4 Å². The summed E-state index contributed by atoms with van der Waals surface area (Å²) < 4.78 is 12.6. The number of benzene rings is 2. The Kier molecular flexibility index (Phi) is 8.63. The van der Waals surface area contributed by atoms with Crippen LogP contribution in [0.4, 0.5) is 0 Å². The van der Waals surface area contributed by atoms with Crippen molar-refractivity contribution in [2.24, 2.45) is 0 Å². The molecule has 5 nitrogen and oxygen atoms in total. The fourth-order valence-corrected chi connectivity index (χ4v) is 8.28. The molecule has 158 valence electrons. The number of Topliss-reactive ketones (excluding diaryl/α,β-unsaturated/α-hetero) is 1. The first-order chi connectivity index (χ1) is 14.3. The van der Waals surface area contributed by atoms with Crippen molar-refractivity contribution < 1.29 is 18.7 Å². The number of rotatable bonds is 11. The number of hydrogen-bond acceptors (Lipinski definition) is 3. The Hall–Kier alpha value is -2.63. The van der Waals surface area contributed by atoms with Crippen LogP contribution in [0.3, 0.4) is 0 Å². The fraction of sp³-hybridized carbons (Fsp3) is 0.333. The van der Waals surface area contributed by atoms with Gasteiger partial charge in [0.1, 0.15) is 0 Å². The molecule has 0 radical (unpaired) electrons. The van der Waals surface area contributed by atoms with E-state index in [0.717, 1.165) is 16.6 Å². The van der Waals surface area contributed by atoms with Gasteiger partial charge in [-0.05, 0) is 15.4 Å². The molecule has 0 aliphatic carbocycles. The zero-order chi connectivity index (χ0) is 22.0. The molecular formula is C24H30N2O3Si. The molecule has 0 saturated carbocycles. The largest absolute Gasteiger partial charge is 0.405 e. The highest BCUT2D eigenvalue weighted by atomic mass is 28.4. The first kappa shape index (κ1) is 23.6. The van der Waals surface area contributed by atoms with E-state index in [4.69, 9.17) is 14.7 Å². The predicted octanol–water partition coefficient (Wildman–Crippen LogP) is 3.39. The van der Waals surface area contributed by atoms with Gasteiger partial charge in [0, 0.05) is 6.42 Å². The molecule has 2 aromatic carbocycles. The third kappa shape index (κ3) is 5.71. The lowest BCUT2D eigenvalue weighted by molar-refractivity contribution is -0.119. The number of hydrogen-bond donors (Lipinski definition) is 0. The normalized spacial score (nSPS) is 12.6. The molecule has 0 fully saturated rings. The second kappa shape index (κ2) is 10.9. The molecule has 0 amide bonds. The first-order valence-electron chi connectivity index (χ1n) is 10.0. The van der Waals surface area contributed by atoms with Crippen LogP contribution < -0.4 is 10.4 Å². The molecule has 0 aromatic heterocycles. The molecule has 0 saturated heterocycles. The highest BCUT2D eigenvalue weighted by Crippen LogP contribution is 2.36. The quantitative estimate of drug-likeness (QED) is 0.183. The third-order valence-corrected chi connectivity index (χ3v) is 9.99. The van der Waals surface area contributed by atoms with Crippen LogP contribution in [0.2, 0.25) is 5.04 Å². The first-order valence-corrected chi connectivity index (χ1v) is 11.9. The van der Waals surface area contributed by atoms with E-state index in [1.54, 1.807) is 6.08 Å². The lowest BCUT2D eigenvalue weighted by Gasteiger charge is -2.43. The number of carbonyl (C=O) groups is 1. The summed E-state index contributed by atoms with van der Waals surface area (Å²) in [6.07, 6.45) is 2.12. The maximum absolute atomic E-state index is 12.0. The Morgan fingerprint density at radius 1 is 1.10 bits per heavy atom. The Morgan fingerprint density at radius 2 is 1.63 bits per heavy atom. The van der Waals surface area contributed by atoms with Crippen molar-refractivity contribution in [3.05, 3.63) is 78.8 Å². The van der Waals surface area contributed by atoms with Crippen LogP contribution in [0.1, 0.15) is 27.2 Å². The van der Waals surface area contributed by atoms with Gasteiger partial charge in [0.2, 0.25) is 5.78 Å². The topological polar surface area (TPSA) is 71.9 Å². The van der Waals surface area contributed by atoms with E-state index in [1.165, 1.54) is 0 Å². The molecule has 2 rings (SSSR count). The number of nitrogens with zero attached hydrogens (tertiary/aromatic N) is 2. The maximum atomic E-state index is 12.0. The van der Waals surface area contributed by atoms with Crippen molar-refractivity contribution in [3.8, 4) is 0 Å². The Labute approximate surface area is 180 Å². The van der Waals surface area contributed by atoms with Gasteiger partial charge in [0.05, 0.1) is 19.3 Å². The van der Waals surface area contributed by atoms with Gasteiger partial charge in [0.25, 0.3) is 8.32 Å². The standard InChI is InChI=1S/C24H30N2O3Si/c1-5-16-28-21(17-20(27)18-26-25)19-29-30(24(2,3)4,22-12-8-6-9-13-22)23-14-10-7-11-15-23/h5-15,18,21H,1,16-17,19H2,2-4H3/t21-/m1/s1. The van der Waals surface area contributed by atoms with E-state index < -0.39 is 14.4 Å². The van der Waals surface area contributed by atoms with Crippen molar-refractivity contribution in [1.29, 1.82) is 0 Å². The van der Waals surface area contributed by atoms with Crippen LogP contribution in [0.5, 0.6) is 0 Å². The number of carbonyl (C=O) groups excluding carboxylic acids is 1. The summed E-state index contributed by atoms with van der Waals surface area (Å²) in [5.41, 5.74) is 8.66. The summed E-state index contributed by atoms with van der Waals surface area (Å²) in [4.78, 5) is 14.8. The van der Waals surface area contributed by atoms with Crippen LogP contribution >= 0.6 is 0 Å². The van der Waals surface area contributed by atoms with Crippen LogP contribution in [0.15, 0.2) is 73.3 Å². The zero-order valence-electron chi connectivity index (χ0n) is 18.0. The summed E-state index contributed by atoms with van der Waals surface area (Å²) in [6.45, 7) is 10.8. The molecule has 1 atom stereocenters. The van der Waals surface area contributed by atoms with Crippen molar-refractivity contribution in [2.45, 2.75) is 38.3 Å². The molecular weight excluding hydrogens is 392 g/mol. The van der Waals surface area contributed by atoms with Crippen LogP contribution in [-0.4, -0.2) is 44.4 Å². The fourth-order valence-electron chi connectivity index (χ4n) is 3.69. The maximum Gasteiger partial charge on any atom is 0.323 e. The molecule has 6 heteroatoms. The highest BCUT2D eigenvalue weighted by molar-refractivity contribution is 6.99. The smallest absolute Gasteiger partial charge is 0.323 e. The van der Waals surface area contributed by atoms with Crippen LogP contribution in [0.25, 0.3) is 5.53 Å². The zero-order valence-corrected chi connectivity index (χ0v) is 19.0. The summed E-state index contributed by atoms with van der Waals surface area (Å²) in [7, 11) is -2.72. The van der Waals surface area contributed by atoms with Gasteiger partial charge in [-0.1, -0.05) is 87.5 Å². The molecule has 0 aliphatic heterocycles. The van der Waals surface area contributed by atoms with Gasteiger partial charge >= 0.3 is 6.21 Å². The summed E-state index contributed by atoms with van der Waals surface area (Å²) >= 11 is 0. The predicted molar refractivity (Wildman–Crippen MR) is 123 cm³/mol. The average molecular weight is 423 g/mol. The van der Waals surface area contributed by atoms with E-state index in [-0.39, 0.29) is 23.8 Å². The Bertz CT molecular complexity index is 833. The minimum atomic E-state index is -2.72. The molecule has 0 aliphatic rings. The van der Waals surface area contributed by atoms with Crippen LogP contribution in [-0.2, 0) is 14.0 Å². The molecule has 0 unspecified atom stereocenters. The SMILES string of the molecule is C=CCO[C@@H](CO[Si](c1ccccc1)(c1ccccc1)C(C)(C)C)CC(=O)C=[N+]=[N-]. The van der Waals surface area contributed by atoms with Crippen molar-refractivity contribution in [3.63, 3.8) is 0 Å². The number of ether oxygens (including phenoxy) is 1. The molecule has 0 bridgehead atoms. The van der Waals surface area contributed by atoms with Gasteiger partial charge in [-0.3, -0.25) is 4.79 Å². The van der Waals surface area contributed by atoms with E-state index in [2.05, 4.69) is 56.4 Å². The van der Waals surface area contributed by atoms with E-state index in [0.29, 0.717) is 6.61 Å². The number of ketones is 1. The van der Waals surface area contributed by atoms with E-state index in [9.17, 15) is 4.79 Å². The van der Waals surface area contributed by atoms with Gasteiger partial charge < -0.3 is 14.7 Å². The van der Waals surface area contributed by atoms with Gasteiger partial charge in [-0.25, -0.2) is 0 Å². The lowest BCUT2D eigenvalue weighted by atomic mass is 10.2. The molecule has 0 spiro atoms. The second-order valence-electron chi connectivity index (χ2n) is 8.13. The average Bonchev–Trinajstić information content (AvgIpc) is 2.73. The highest BCUT2D eigenvalue weighted by Gasteiger charge is 2.50. The van der Waals surface area contributed by atoms with Crippen molar-refractivity contribution >= 4 is 30.7 Å². The monoisotopic (exact) mass is 422 g/mol. The summed E-state index contributed by atoms with van der Waals surface area (Å²) in [5, 5.41) is 2.15. The minimum absolute atomic E-state index is 0.0656. The Balaban J connectivity index is 2.47. The molecule has 0 N–H and O–H groups in total. The molecule has 2 aromatic rings. The second-order valence-corrected chi connectivity index (χ2v) is 12.4. The minimum Gasteiger partial charge on any atom is -0.405 e. The van der Waals surface area contributed by atoms with Crippen LogP contribution in [0, 0.1) is 0 Å². The molecule has 30 heavy (non-hydrogen) atoms. The van der Waals surface area contributed by atoms with Gasteiger partial charge in [0.15, 0.2) is 0 Å².